The quantitative estimate of drug-likeness (QED) is 0.871. The highest BCUT2D eigenvalue weighted by Crippen LogP contribution is 2.24. The molecule has 1 rings (SSSR count). The van der Waals surface area contributed by atoms with E-state index in [4.69, 9.17) is 5.73 Å². The van der Waals surface area contributed by atoms with Gasteiger partial charge in [-0.1, -0.05) is 0 Å². The van der Waals surface area contributed by atoms with Crippen LogP contribution >= 0.6 is 0 Å². The van der Waals surface area contributed by atoms with Crippen LogP contribution in [0, 0.1) is 0 Å². The summed E-state index contributed by atoms with van der Waals surface area (Å²) in [4.78, 5) is 5.00. The van der Waals surface area contributed by atoms with Gasteiger partial charge in [0.1, 0.15) is 6.54 Å². The number of nitrogen functional groups attached to an aromatic ring is 1. The molecule has 0 spiro atoms. The van der Waals surface area contributed by atoms with E-state index in [1.807, 2.05) is 0 Å². The van der Waals surface area contributed by atoms with E-state index in [2.05, 4.69) is 4.98 Å². The van der Waals surface area contributed by atoms with Gasteiger partial charge < -0.3 is 10.6 Å². The molecule has 0 amide bonds. The molecule has 90 valence electrons. The van der Waals surface area contributed by atoms with E-state index in [9.17, 15) is 13.2 Å². The Bertz CT molecular complexity index is 349. The number of hydrogen-bond donors (Lipinski definition) is 1. The highest BCUT2D eigenvalue weighted by molar-refractivity contribution is 5.53. The van der Waals surface area contributed by atoms with Crippen molar-refractivity contribution in [3.05, 3.63) is 18.5 Å². The second-order valence-corrected chi connectivity index (χ2v) is 3.81. The van der Waals surface area contributed by atoms with Crippen LogP contribution in [-0.2, 0) is 0 Å². The van der Waals surface area contributed by atoms with Gasteiger partial charge in [0.2, 0.25) is 0 Å². The number of nitrogens with two attached hydrogens (primary N) is 1. The van der Waals surface area contributed by atoms with Crippen LogP contribution in [0.4, 0.5) is 24.5 Å². The third-order valence-corrected chi connectivity index (χ3v) is 2.05. The number of nitrogens with zero attached hydrogens (tertiary/aromatic N) is 2. The van der Waals surface area contributed by atoms with Crippen LogP contribution in [0.15, 0.2) is 18.5 Å². The Morgan fingerprint density at radius 1 is 1.38 bits per heavy atom. The predicted octanol–water partition coefficient (Wildman–Crippen LogP) is 2.44. The molecule has 0 saturated heterocycles. The molecular formula is C10H14F3N3. The minimum absolute atomic E-state index is 0.273. The minimum Gasteiger partial charge on any atom is -0.397 e. The lowest BCUT2D eigenvalue weighted by Gasteiger charge is -2.29. The largest absolute Gasteiger partial charge is 0.405 e. The van der Waals surface area contributed by atoms with Crippen LogP contribution in [-0.4, -0.2) is 23.7 Å². The summed E-state index contributed by atoms with van der Waals surface area (Å²) in [5, 5.41) is 0. The first-order valence-corrected chi connectivity index (χ1v) is 4.83. The zero-order chi connectivity index (χ0) is 12.3. The number of alkyl halides is 3. The van der Waals surface area contributed by atoms with Gasteiger partial charge in [-0.15, -0.1) is 0 Å². The summed E-state index contributed by atoms with van der Waals surface area (Å²) in [6, 6.07) is 1.21. The molecule has 0 bridgehead atoms. The van der Waals surface area contributed by atoms with Crippen LogP contribution in [0.5, 0.6) is 0 Å². The highest BCUT2D eigenvalue weighted by atomic mass is 19.4. The maximum atomic E-state index is 12.4. The molecule has 0 aliphatic rings. The lowest BCUT2D eigenvalue weighted by molar-refractivity contribution is -0.120. The van der Waals surface area contributed by atoms with Crippen molar-refractivity contribution in [3.63, 3.8) is 0 Å². The number of aromatic nitrogens is 1. The Morgan fingerprint density at radius 2 is 2.00 bits per heavy atom. The van der Waals surface area contributed by atoms with Gasteiger partial charge in [0.15, 0.2) is 0 Å². The molecule has 6 heteroatoms. The Morgan fingerprint density at radius 3 is 2.44 bits per heavy atom. The molecule has 2 N–H and O–H groups in total. The topological polar surface area (TPSA) is 42.2 Å². The number of rotatable bonds is 3. The maximum Gasteiger partial charge on any atom is 0.405 e. The fourth-order valence-electron chi connectivity index (χ4n) is 1.37. The van der Waals surface area contributed by atoms with Gasteiger partial charge in [0.25, 0.3) is 0 Å². The summed E-state index contributed by atoms with van der Waals surface area (Å²) in [6.07, 6.45) is -1.47. The van der Waals surface area contributed by atoms with E-state index in [0.29, 0.717) is 11.4 Å². The molecule has 16 heavy (non-hydrogen) atoms. The van der Waals surface area contributed by atoms with E-state index < -0.39 is 12.7 Å². The molecular weight excluding hydrogens is 219 g/mol. The molecule has 0 saturated carbocycles. The van der Waals surface area contributed by atoms with Crippen LogP contribution in [0.1, 0.15) is 13.8 Å². The smallest absolute Gasteiger partial charge is 0.397 e. The van der Waals surface area contributed by atoms with Gasteiger partial charge in [0.05, 0.1) is 17.6 Å². The summed E-state index contributed by atoms with van der Waals surface area (Å²) in [7, 11) is 0. The van der Waals surface area contributed by atoms with Gasteiger partial charge in [-0.25, -0.2) is 0 Å². The third-order valence-electron chi connectivity index (χ3n) is 2.05. The second kappa shape index (κ2) is 4.59. The van der Waals surface area contributed by atoms with Crippen molar-refractivity contribution >= 4 is 11.4 Å². The summed E-state index contributed by atoms with van der Waals surface area (Å²) in [5.74, 6) is 0. The average Bonchev–Trinajstić information content (AvgIpc) is 2.12. The number of hydrogen-bond acceptors (Lipinski definition) is 3. The maximum absolute atomic E-state index is 12.4. The van der Waals surface area contributed by atoms with Crippen LogP contribution in [0.25, 0.3) is 0 Å². The minimum atomic E-state index is -4.24. The van der Waals surface area contributed by atoms with E-state index in [-0.39, 0.29) is 6.04 Å². The van der Waals surface area contributed by atoms with Crippen molar-refractivity contribution in [3.8, 4) is 0 Å². The van der Waals surface area contributed by atoms with E-state index >= 15 is 0 Å². The molecule has 0 aromatic carbocycles. The predicted molar refractivity (Wildman–Crippen MR) is 57.2 cm³/mol. The molecule has 0 atom stereocenters. The molecule has 0 unspecified atom stereocenters. The van der Waals surface area contributed by atoms with Crippen LogP contribution in [0.3, 0.4) is 0 Å². The average molecular weight is 233 g/mol. The first kappa shape index (κ1) is 12.6. The molecule has 3 nitrogen and oxygen atoms in total. The van der Waals surface area contributed by atoms with Crippen molar-refractivity contribution in [2.75, 3.05) is 17.2 Å². The zero-order valence-electron chi connectivity index (χ0n) is 9.12. The molecule has 1 aromatic heterocycles. The highest BCUT2D eigenvalue weighted by Gasteiger charge is 2.32. The fraction of sp³-hybridized carbons (Fsp3) is 0.500. The SMILES string of the molecule is CC(C)N(CC(F)(F)F)c1cncc(N)c1. The Labute approximate surface area is 92.1 Å². The van der Waals surface area contributed by atoms with Crippen molar-refractivity contribution < 1.29 is 13.2 Å². The normalized spacial score (nSPS) is 11.9. The zero-order valence-corrected chi connectivity index (χ0v) is 9.12. The van der Waals surface area contributed by atoms with Crippen molar-refractivity contribution in [2.45, 2.75) is 26.1 Å². The van der Waals surface area contributed by atoms with Gasteiger partial charge in [-0.2, -0.15) is 13.2 Å². The lowest BCUT2D eigenvalue weighted by atomic mass is 10.2. The third kappa shape index (κ3) is 3.60. The van der Waals surface area contributed by atoms with Gasteiger partial charge in [-0.05, 0) is 19.9 Å². The van der Waals surface area contributed by atoms with Gasteiger partial charge in [-0.3, -0.25) is 4.98 Å². The Kier molecular flexibility index (Phi) is 3.62. The first-order valence-electron chi connectivity index (χ1n) is 4.83. The standard InChI is InChI=1S/C10H14F3N3/c1-7(2)16(6-10(11,12)13)9-3-8(14)4-15-5-9/h3-5,7H,6,14H2,1-2H3. The fourth-order valence-corrected chi connectivity index (χ4v) is 1.37. The molecule has 0 aliphatic heterocycles. The van der Waals surface area contributed by atoms with Crippen molar-refractivity contribution in [1.29, 1.82) is 0 Å². The number of anilines is 2. The number of halogens is 3. The van der Waals surface area contributed by atoms with Crippen LogP contribution in [0.2, 0.25) is 0 Å². The lowest BCUT2D eigenvalue weighted by Crippen LogP contribution is -2.39. The van der Waals surface area contributed by atoms with Gasteiger partial charge >= 0.3 is 6.18 Å². The summed E-state index contributed by atoms with van der Waals surface area (Å²) in [6.45, 7) is 2.37. The molecule has 1 aromatic rings. The summed E-state index contributed by atoms with van der Waals surface area (Å²) in [5.41, 5.74) is 6.22. The second-order valence-electron chi connectivity index (χ2n) is 3.81. The molecule has 1 heterocycles. The van der Waals surface area contributed by atoms with Gasteiger partial charge in [0, 0.05) is 12.2 Å². The van der Waals surface area contributed by atoms with Crippen molar-refractivity contribution in [1.82, 2.24) is 4.98 Å². The van der Waals surface area contributed by atoms with E-state index in [0.717, 1.165) is 0 Å². The van der Waals surface area contributed by atoms with E-state index in [1.165, 1.54) is 23.4 Å². The Hall–Kier alpha value is -1.46. The summed E-state index contributed by atoms with van der Waals surface area (Å²) < 4.78 is 37.1. The molecule has 0 aliphatic carbocycles. The molecule has 0 radical (unpaired) electrons. The molecule has 0 fully saturated rings. The first-order chi connectivity index (χ1) is 7.29. The van der Waals surface area contributed by atoms with Crippen molar-refractivity contribution in [2.24, 2.45) is 0 Å². The summed E-state index contributed by atoms with van der Waals surface area (Å²) >= 11 is 0. The number of pyridine rings is 1. The van der Waals surface area contributed by atoms with Crippen LogP contribution < -0.4 is 10.6 Å². The van der Waals surface area contributed by atoms with E-state index in [1.54, 1.807) is 13.8 Å². The Balaban J connectivity index is 2.94. The monoisotopic (exact) mass is 233 g/mol.